The molecule has 42 heavy (non-hydrogen) atoms. The average Bonchev–Trinajstić information content (AvgIpc) is 3.51. The number of hydrogen-bond acceptors (Lipinski definition) is 4. The maximum Gasteiger partial charge on any atom is 0.289 e. The topological polar surface area (TPSA) is 56.6 Å². The molecule has 5 aromatic rings. The Morgan fingerprint density at radius 3 is 1.93 bits per heavy atom. The van der Waals surface area contributed by atoms with Crippen molar-refractivity contribution < 1.29 is 14.3 Å². The fraction of sp³-hybridized carbons (Fsp3) is 0.167. The van der Waals surface area contributed by atoms with Crippen molar-refractivity contribution in [1.29, 1.82) is 0 Å². The molecule has 4 aromatic carbocycles. The molecular formula is C36H33N3O3. The summed E-state index contributed by atoms with van der Waals surface area (Å²) in [5.41, 5.74) is 4.29. The fourth-order valence-electron chi connectivity index (χ4n) is 5.68. The summed E-state index contributed by atoms with van der Waals surface area (Å²) in [6, 6.07) is 39.0. The number of morpholine rings is 1. The van der Waals surface area contributed by atoms with Gasteiger partial charge in [-0.05, 0) is 41.3 Å². The van der Waals surface area contributed by atoms with Crippen LogP contribution in [0.3, 0.4) is 0 Å². The molecule has 1 unspecified atom stereocenters. The average molecular weight is 556 g/mol. The molecule has 0 spiro atoms. The van der Waals surface area contributed by atoms with Crippen LogP contribution in [0.15, 0.2) is 134 Å². The van der Waals surface area contributed by atoms with Crippen molar-refractivity contribution >= 4 is 12.0 Å². The van der Waals surface area contributed by atoms with Crippen LogP contribution in [0.25, 0.3) is 6.08 Å². The van der Waals surface area contributed by atoms with Crippen LogP contribution < -0.4 is 4.74 Å². The Labute approximate surface area is 246 Å². The van der Waals surface area contributed by atoms with Crippen LogP contribution >= 0.6 is 0 Å². The van der Waals surface area contributed by atoms with Crippen molar-refractivity contribution in [2.45, 2.75) is 25.0 Å². The third-order valence-electron chi connectivity index (χ3n) is 7.84. The molecule has 0 saturated carbocycles. The zero-order chi connectivity index (χ0) is 28.9. The highest BCUT2D eigenvalue weighted by Crippen LogP contribution is 2.41. The molecule has 6 heteroatoms. The van der Waals surface area contributed by atoms with E-state index in [4.69, 9.17) is 14.5 Å². The van der Waals surface area contributed by atoms with Gasteiger partial charge >= 0.3 is 0 Å². The molecule has 1 amide bonds. The van der Waals surface area contributed by atoms with Gasteiger partial charge in [0.25, 0.3) is 5.91 Å². The zero-order valence-electron chi connectivity index (χ0n) is 23.8. The maximum atomic E-state index is 13.6. The van der Waals surface area contributed by atoms with Crippen LogP contribution in [0.1, 0.15) is 34.9 Å². The van der Waals surface area contributed by atoms with Gasteiger partial charge in [0, 0.05) is 18.8 Å². The first-order chi connectivity index (χ1) is 20.6. The van der Waals surface area contributed by atoms with E-state index in [-0.39, 0.29) is 17.7 Å². The second kappa shape index (κ2) is 11.8. The quantitative estimate of drug-likeness (QED) is 0.162. The van der Waals surface area contributed by atoms with Crippen molar-refractivity contribution in [1.82, 2.24) is 14.5 Å². The second-order valence-corrected chi connectivity index (χ2v) is 10.5. The van der Waals surface area contributed by atoms with E-state index in [1.165, 1.54) is 0 Å². The Kier molecular flexibility index (Phi) is 7.60. The highest BCUT2D eigenvalue weighted by Gasteiger charge is 2.38. The summed E-state index contributed by atoms with van der Waals surface area (Å²) in [6.45, 7) is 2.90. The molecule has 1 aliphatic heterocycles. The van der Waals surface area contributed by atoms with Gasteiger partial charge in [0.05, 0.1) is 25.2 Å². The monoisotopic (exact) mass is 555 g/mol. The molecule has 0 aliphatic carbocycles. The van der Waals surface area contributed by atoms with Crippen molar-refractivity contribution in [2.24, 2.45) is 0 Å². The molecule has 6 nitrogen and oxygen atoms in total. The van der Waals surface area contributed by atoms with Crippen LogP contribution in [0.2, 0.25) is 0 Å². The van der Waals surface area contributed by atoms with E-state index < -0.39 is 5.54 Å². The SMILES string of the molecule is COc1ccc(CN2C(=O)C(=Cc3cn(C(c4ccccc4)(c4ccccc4)c4ccccc4)cn3)OCC2C)cc1. The van der Waals surface area contributed by atoms with Gasteiger partial charge < -0.3 is 18.9 Å². The third kappa shape index (κ3) is 5.07. The highest BCUT2D eigenvalue weighted by molar-refractivity contribution is 5.96. The maximum absolute atomic E-state index is 13.6. The number of nitrogens with zero attached hydrogens (tertiary/aromatic N) is 3. The van der Waals surface area contributed by atoms with Crippen LogP contribution in [0, 0.1) is 0 Å². The molecule has 1 saturated heterocycles. The summed E-state index contributed by atoms with van der Waals surface area (Å²) in [7, 11) is 1.64. The summed E-state index contributed by atoms with van der Waals surface area (Å²) < 4.78 is 13.4. The van der Waals surface area contributed by atoms with Crippen molar-refractivity contribution in [2.75, 3.05) is 13.7 Å². The fourth-order valence-corrected chi connectivity index (χ4v) is 5.68. The lowest BCUT2D eigenvalue weighted by Gasteiger charge is -2.37. The van der Waals surface area contributed by atoms with E-state index in [0.717, 1.165) is 28.0 Å². The van der Waals surface area contributed by atoms with Gasteiger partial charge in [-0.3, -0.25) is 4.79 Å². The van der Waals surface area contributed by atoms with E-state index in [9.17, 15) is 4.79 Å². The van der Waals surface area contributed by atoms with Gasteiger partial charge in [-0.2, -0.15) is 0 Å². The summed E-state index contributed by atoms with van der Waals surface area (Å²) >= 11 is 0. The van der Waals surface area contributed by atoms with Gasteiger partial charge in [0.15, 0.2) is 5.76 Å². The predicted octanol–water partition coefficient (Wildman–Crippen LogP) is 6.52. The first-order valence-electron chi connectivity index (χ1n) is 14.1. The van der Waals surface area contributed by atoms with Gasteiger partial charge in [-0.15, -0.1) is 0 Å². The van der Waals surface area contributed by atoms with Gasteiger partial charge in [0.1, 0.15) is 17.9 Å². The first-order valence-corrected chi connectivity index (χ1v) is 14.1. The standard InChI is InChI=1S/C36H33N3O3/c1-27-25-42-34(35(40)39(27)23-28-18-20-33(41-2)21-19-28)22-32-24-38(26-37-32)36(29-12-6-3-7-13-29,30-14-8-4-9-15-30)31-16-10-5-11-17-31/h3-22,24,26-27H,23,25H2,1-2H3. The largest absolute Gasteiger partial charge is 0.497 e. The number of imidazole rings is 1. The lowest BCUT2D eigenvalue weighted by atomic mass is 9.77. The van der Waals surface area contributed by atoms with E-state index in [1.807, 2.05) is 66.8 Å². The van der Waals surface area contributed by atoms with E-state index in [1.54, 1.807) is 13.2 Å². The Bertz CT molecular complexity index is 1570. The molecule has 0 N–H and O–H groups in total. The van der Waals surface area contributed by atoms with E-state index in [2.05, 4.69) is 77.4 Å². The Morgan fingerprint density at radius 1 is 0.857 bits per heavy atom. The van der Waals surface area contributed by atoms with Crippen LogP contribution in [-0.2, 0) is 21.6 Å². The highest BCUT2D eigenvalue weighted by atomic mass is 16.5. The molecule has 0 bridgehead atoms. The number of carbonyl (C=O) groups is 1. The van der Waals surface area contributed by atoms with Crippen molar-refractivity contribution in [3.8, 4) is 5.75 Å². The molecule has 2 heterocycles. The summed E-state index contributed by atoms with van der Waals surface area (Å²) in [6.07, 6.45) is 5.57. The minimum absolute atomic E-state index is 0.0591. The molecule has 1 aromatic heterocycles. The van der Waals surface area contributed by atoms with Gasteiger partial charge in [0.2, 0.25) is 0 Å². The number of aromatic nitrogens is 2. The molecule has 210 valence electrons. The zero-order valence-corrected chi connectivity index (χ0v) is 23.8. The minimum Gasteiger partial charge on any atom is -0.497 e. The molecule has 6 rings (SSSR count). The van der Waals surface area contributed by atoms with Crippen LogP contribution in [0.5, 0.6) is 5.75 Å². The molecule has 1 fully saturated rings. The lowest BCUT2D eigenvalue weighted by molar-refractivity contribution is -0.139. The number of amides is 1. The van der Waals surface area contributed by atoms with Crippen molar-refractivity contribution in [3.63, 3.8) is 0 Å². The first kappa shape index (κ1) is 27.1. The molecule has 0 radical (unpaired) electrons. The number of benzene rings is 4. The number of methoxy groups -OCH3 is 1. The Morgan fingerprint density at radius 2 is 1.40 bits per heavy atom. The summed E-state index contributed by atoms with van der Waals surface area (Å²) in [5.74, 6) is 0.921. The van der Waals surface area contributed by atoms with Crippen LogP contribution in [-0.4, -0.2) is 40.1 Å². The van der Waals surface area contributed by atoms with E-state index >= 15 is 0 Å². The second-order valence-electron chi connectivity index (χ2n) is 10.5. The Balaban J connectivity index is 1.39. The summed E-state index contributed by atoms with van der Waals surface area (Å²) in [4.78, 5) is 20.2. The molecule has 1 atom stereocenters. The van der Waals surface area contributed by atoms with Crippen LogP contribution in [0.4, 0.5) is 0 Å². The van der Waals surface area contributed by atoms with Crippen molar-refractivity contribution in [3.05, 3.63) is 161 Å². The van der Waals surface area contributed by atoms with Gasteiger partial charge in [-0.1, -0.05) is 103 Å². The number of ether oxygens (including phenoxy) is 2. The minimum atomic E-state index is -0.681. The number of hydrogen-bond donors (Lipinski definition) is 0. The molecule has 1 aliphatic rings. The Hall–Kier alpha value is -5.10. The smallest absolute Gasteiger partial charge is 0.289 e. The normalized spacial score (nSPS) is 16.3. The number of rotatable bonds is 8. The predicted molar refractivity (Wildman–Crippen MR) is 164 cm³/mol. The summed E-state index contributed by atoms with van der Waals surface area (Å²) in [5, 5.41) is 0. The number of carbonyl (C=O) groups excluding carboxylic acids is 1. The lowest BCUT2D eigenvalue weighted by Crippen LogP contribution is -2.46. The van der Waals surface area contributed by atoms with Gasteiger partial charge in [-0.25, -0.2) is 4.98 Å². The van der Waals surface area contributed by atoms with E-state index in [0.29, 0.717) is 18.8 Å². The molecular weight excluding hydrogens is 522 g/mol. The third-order valence-corrected chi connectivity index (χ3v) is 7.84.